The van der Waals surface area contributed by atoms with Gasteiger partial charge >= 0.3 is 0 Å². The number of anilines is 1. The first-order valence-corrected chi connectivity index (χ1v) is 8.96. The van der Waals surface area contributed by atoms with Gasteiger partial charge in [0.05, 0.1) is 5.56 Å². The van der Waals surface area contributed by atoms with E-state index in [0.717, 1.165) is 30.4 Å². The Labute approximate surface area is 156 Å². The lowest BCUT2D eigenvalue weighted by Gasteiger charge is -2.19. The van der Waals surface area contributed by atoms with Crippen LogP contribution in [-0.2, 0) is 4.79 Å². The average Bonchev–Trinajstić information content (AvgIpc) is 3.34. The van der Waals surface area contributed by atoms with E-state index in [1.165, 1.54) is 18.9 Å². The average molecular weight is 369 g/mol. The molecule has 0 saturated carbocycles. The quantitative estimate of drug-likeness (QED) is 0.721. The number of halogens is 1. The Hall–Kier alpha value is -2.93. The summed E-state index contributed by atoms with van der Waals surface area (Å²) in [5.74, 6) is -1.95. The minimum atomic E-state index is -0.928. The first kappa shape index (κ1) is 17.5. The van der Waals surface area contributed by atoms with Crippen molar-refractivity contribution >= 4 is 17.9 Å². The van der Waals surface area contributed by atoms with Crippen molar-refractivity contribution in [3.05, 3.63) is 58.9 Å². The zero-order valence-electron chi connectivity index (χ0n) is 14.6. The molecule has 7 heteroatoms. The van der Waals surface area contributed by atoms with E-state index in [2.05, 4.69) is 15.5 Å². The van der Waals surface area contributed by atoms with Gasteiger partial charge in [0.25, 0.3) is 0 Å². The number of nitrogens with one attached hydrogen (secondary N) is 2. The van der Waals surface area contributed by atoms with Crippen LogP contribution in [0.1, 0.15) is 46.5 Å². The molecule has 3 N–H and O–H groups in total. The van der Waals surface area contributed by atoms with Gasteiger partial charge in [0.15, 0.2) is 17.9 Å². The van der Waals surface area contributed by atoms with Gasteiger partial charge in [0.2, 0.25) is 5.91 Å². The lowest BCUT2D eigenvalue weighted by atomic mass is 10.0. The van der Waals surface area contributed by atoms with Crippen molar-refractivity contribution in [2.45, 2.75) is 25.0 Å². The molecule has 0 bridgehead atoms. The fourth-order valence-corrected chi connectivity index (χ4v) is 3.69. The largest absolute Gasteiger partial charge is 0.504 e. The Morgan fingerprint density at radius 2 is 1.81 bits per heavy atom. The van der Waals surface area contributed by atoms with Crippen molar-refractivity contribution in [2.24, 2.45) is 0 Å². The molecule has 0 radical (unpaired) electrons. The Morgan fingerprint density at radius 1 is 1.11 bits per heavy atom. The van der Waals surface area contributed by atoms with Gasteiger partial charge in [0.1, 0.15) is 12.2 Å². The third kappa shape index (κ3) is 3.26. The molecule has 27 heavy (non-hydrogen) atoms. The van der Waals surface area contributed by atoms with Gasteiger partial charge in [-0.3, -0.25) is 14.9 Å². The fraction of sp³-hybridized carbons (Fsp3) is 0.300. The van der Waals surface area contributed by atoms with Crippen LogP contribution in [0.25, 0.3) is 0 Å². The minimum absolute atomic E-state index is 0.182. The van der Waals surface area contributed by atoms with Gasteiger partial charge in [-0.2, -0.15) is 0 Å². The fourth-order valence-electron chi connectivity index (χ4n) is 3.69. The van der Waals surface area contributed by atoms with Gasteiger partial charge in [-0.15, -0.1) is 0 Å². The molecule has 2 aliphatic heterocycles. The maximum atomic E-state index is 13.8. The lowest BCUT2D eigenvalue weighted by molar-refractivity contribution is -0.120. The van der Waals surface area contributed by atoms with E-state index >= 15 is 0 Å². The number of phenols is 1. The van der Waals surface area contributed by atoms with Crippen LogP contribution >= 0.6 is 0 Å². The number of aldehydes is 1. The van der Waals surface area contributed by atoms with Gasteiger partial charge < -0.3 is 15.3 Å². The second-order valence-corrected chi connectivity index (χ2v) is 6.89. The van der Waals surface area contributed by atoms with Crippen molar-refractivity contribution in [3.63, 3.8) is 0 Å². The number of aromatic hydroxyl groups is 1. The Kier molecular flexibility index (Phi) is 4.53. The van der Waals surface area contributed by atoms with Gasteiger partial charge in [-0.05, 0) is 48.2 Å². The zero-order valence-corrected chi connectivity index (χ0v) is 14.6. The van der Waals surface area contributed by atoms with Crippen LogP contribution in [0.4, 0.5) is 10.1 Å². The number of benzene rings is 2. The molecule has 0 aromatic heterocycles. The van der Waals surface area contributed by atoms with Crippen LogP contribution in [0, 0.1) is 5.82 Å². The van der Waals surface area contributed by atoms with Crippen molar-refractivity contribution in [3.8, 4) is 5.75 Å². The van der Waals surface area contributed by atoms with Gasteiger partial charge in [-0.25, -0.2) is 4.39 Å². The van der Waals surface area contributed by atoms with Gasteiger partial charge in [-0.1, -0.05) is 12.1 Å². The van der Waals surface area contributed by atoms with Crippen molar-refractivity contribution in [2.75, 3.05) is 18.0 Å². The first-order valence-electron chi connectivity index (χ1n) is 8.96. The molecule has 0 spiro atoms. The van der Waals surface area contributed by atoms with Crippen LogP contribution in [0.5, 0.6) is 5.75 Å². The van der Waals surface area contributed by atoms with E-state index in [-0.39, 0.29) is 11.5 Å². The van der Waals surface area contributed by atoms with Crippen LogP contribution in [-0.4, -0.2) is 30.4 Å². The summed E-state index contributed by atoms with van der Waals surface area (Å²) in [7, 11) is 0. The van der Waals surface area contributed by atoms with Crippen LogP contribution in [0.2, 0.25) is 0 Å². The molecule has 2 saturated heterocycles. The monoisotopic (exact) mass is 369 g/mol. The van der Waals surface area contributed by atoms with E-state index < -0.39 is 23.8 Å². The summed E-state index contributed by atoms with van der Waals surface area (Å²) in [5, 5.41) is 15.5. The second-order valence-electron chi connectivity index (χ2n) is 6.89. The molecule has 0 aliphatic carbocycles. The number of nitrogens with zero attached hydrogens (tertiary/aromatic N) is 1. The maximum Gasteiger partial charge on any atom is 0.243 e. The number of rotatable bonds is 4. The summed E-state index contributed by atoms with van der Waals surface area (Å²) in [5.41, 5.74) is 2.16. The van der Waals surface area contributed by atoms with Crippen LogP contribution in [0.3, 0.4) is 0 Å². The molecular weight excluding hydrogens is 349 g/mol. The number of hydrogen-bond donors (Lipinski definition) is 3. The molecule has 2 fully saturated rings. The Morgan fingerprint density at radius 3 is 2.48 bits per heavy atom. The number of phenolic OH excluding ortho intramolecular Hbond substituents is 1. The molecule has 4 rings (SSSR count). The topological polar surface area (TPSA) is 81.7 Å². The standard InChI is InChI=1S/C20H20FN3O3/c21-16-10-13(9-14(11-25)18(16)26)17-20(27)23-19(22-17)12-3-5-15(6-4-12)24-7-1-2-8-24/h3-6,9-11,17,19,22,26H,1-2,7-8H2,(H,23,27). The van der Waals surface area contributed by atoms with E-state index in [1.54, 1.807) is 0 Å². The van der Waals surface area contributed by atoms with E-state index in [4.69, 9.17) is 0 Å². The van der Waals surface area contributed by atoms with E-state index in [9.17, 15) is 19.1 Å². The van der Waals surface area contributed by atoms with Crippen LogP contribution < -0.4 is 15.5 Å². The maximum absolute atomic E-state index is 13.8. The molecule has 2 unspecified atom stereocenters. The number of amides is 1. The molecule has 6 nitrogen and oxygen atoms in total. The summed E-state index contributed by atoms with van der Waals surface area (Å²) >= 11 is 0. The summed E-state index contributed by atoms with van der Waals surface area (Å²) in [6, 6.07) is 9.57. The predicted octanol–water partition coefficient (Wildman–Crippen LogP) is 2.40. The summed E-state index contributed by atoms with van der Waals surface area (Å²) < 4.78 is 13.8. The van der Waals surface area contributed by atoms with Crippen molar-refractivity contribution in [1.29, 1.82) is 0 Å². The third-order valence-corrected chi connectivity index (χ3v) is 5.16. The minimum Gasteiger partial charge on any atom is -0.504 e. The zero-order chi connectivity index (χ0) is 19.0. The molecule has 2 aromatic rings. The Bertz CT molecular complexity index is 879. The van der Waals surface area contributed by atoms with Crippen LogP contribution in [0.15, 0.2) is 36.4 Å². The highest BCUT2D eigenvalue weighted by Crippen LogP contribution is 2.30. The predicted molar refractivity (Wildman–Crippen MR) is 98.1 cm³/mol. The number of carbonyl (C=O) groups is 2. The molecule has 140 valence electrons. The summed E-state index contributed by atoms with van der Waals surface area (Å²) in [4.78, 5) is 25.7. The van der Waals surface area contributed by atoms with E-state index in [1.807, 2.05) is 24.3 Å². The van der Waals surface area contributed by atoms with Gasteiger partial charge in [0, 0.05) is 18.8 Å². The highest BCUT2D eigenvalue weighted by molar-refractivity contribution is 5.87. The molecule has 1 amide bonds. The third-order valence-electron chi connectivity index (χ3n) is 5.16. The number of hydrogen-bond acceptors (Lipinski definition) is 5. The van der Waals surface area contributed by atoms with E-state index in [0.29, 0.717) is 11.8 Å². The Balaban J connectivity index is 1.54. The summed E-state index contributed by atoms with van der Waals surface area (Å²) in [6.07, 6.45) is 2.36. The smallest absolute Gasteiger partial charge is 0.243 e. The summed E-state index contributed by atoms with van der Waals surface area (Å²) in [6.45, 7) is 2.12. The lowest BCUT2D eigenvalue weighted by Crippen LogP contribution is -2.23. The second kappa shape index (κ2) is 7.00. The SMILES string of the molecule is O=Cc1cc(C2NC(c3ccc(N4CCCC4)cc3)NC2=O)cc(F)c1O. The first-order chi connectivity index (χ1) is 13.1. The van der Waals surface area contributed by atoms with Crippen molar-refractivity contribution in [1.82, 2.24) is 10.6 Å². The molecule has 2 atom stereocenters. The normalized spacial score (nSPS) is 22.1. The molecular formula is C20H20FN3O3. The van der Waals surface area contributed by atoms with Crippen molar-refractivity contribution < 1.29 is 19.1 Å². The molecule has 2 aromatic carbocycles. The molecule has 2 aliphatic rings. The molecule has 2 heterocycles. The highest BCUT2D eigenvalue weighted by Gasteiger charge is 2.34. The highest BCUT2D eigenvalue weighted by atomic mass is 19.1. The number of carbonyl (C=O) groups excluding carboxylic acids is 2.